The molecular weight excluding hydrogens is 258 g/mol. The molecule has 5 atom stereocenters. The maximum absolute atomic E-state index is 11.7. The average molecular weight is 273 g/mol. The van der Waals surface area contributed by atoms with Crippen molar-refractivity contribution in [3.8, 4) is 0 Å². The minimum Gasteiger partial charge on any atom is -0.472 e. The number of aliphatic hydroxyl groups excluding tert-OH is 4. The number of carbonyl (C=O) groups is 1. The molecule has 2 heterocycles. The maximum Gasteiger partial charge on any atom is 0.255 e. The molecule has 0 aliphatic carbocycles. The lowest BCUT2D eigenvalue weighted by Gasteiger charge is -2.40. The highest BCUT2D eigenvalue weighted by molar-refractivity contribution is 5.94. The Labute approximate surface area is 108 Å². The summed E-state index contributed by atoms with van der Waals surface area (Å²) in [4.78, 5) is 11.7. The zero-order chi connectivity index (χ0) is 14.0. The molecule has 19 heavy (non-hydrogen) atoms. The number of amides is 1. The van der Waals surface area contributed by atoms with Crippen LogP contribution in [0.3, 0.4) is 0 Å². The lowest BCUT2D eigenvalue weighted by molar-refractivity contribution is -0.252. The van der Waals surface area contributed by atoms with Crippen LogP contribution in [0.25, 0.3) is 0 Å². The van der Waals surface area contributed by atoms with Gasteiger partial charge in [0.1, 0.15) is 30.6 Å². The Kier molecular flexibility index (Phi) is 4.17. The van der Waals surface area contributed by atoms with Crippen molar-refractivity contribution >= 4 is 5.91 Å². The fourth-order valence-electron chi connectivity index (χ4n) is 1.88. The van der Waals surface area contributed by atoms with Gasteiger partial charge < -0.3 is 34.9 Å². The second-order valence-corrected chi connectivity index (χ2v) is 4.24. The average Bonchev–Trinajstić information content (AvgIpc) is 2.92. The number of hydrogen-bond donors (Lipinski definition) is 5. The number of ether oxygens (including phenoxy) is 1. The molecule has 0 radical (unpaired) electrons. The normalized spacial score (nSPS) is 35.1. The zero-order valence-electron chi connectivity index (χ0n) is 9.84. The van der Waals surface area contributed by atoms with E-state index in [1.807, 2.05) is 0 Å². The molecule has 1 fully saturated rings. The lowest BCUT2D eigenvalue weighted by Crippen LogP contribution is -2.64. The van der Waals surface area contributed by atoms with Crippen molar-refractivity contribution in [3.63, 3.8) is 0 Å². The molecule has 0 bridgehead atoms. The summed E-state index contributed by atoms with van der Waals surface area (Å²) in [7, 11) is 0. The third-order valence-corrected chi connectivity index (χ3v) is 2.98. The van der Waals surface area contributed by atoms with Crippen LogP contribution in [-0.2, 0) is 4.74 Å². The molecule has 1 aliphatic heterocycles. The molecule has 1 aromatic heterocycles. The standard InChI is InChI=1S/C11H15NO7/c13-3-6-8(14)9(15)7(11(17)19-6)12-10(16)5-1-2-18-4-5/h1-2,4,6-9,11,13-15,17H,3H2,(H,12,16)/t6-,7-,8-,9-,11?/m1/s1. The molecular formula is C11H15NO7. The van der Waals surface area contributed by atoms with Gasteiger partial charge in [0.25, 0.3) is 5.91 Å². The Morgan fingerprint density at radius 2 is 2.05 bits per heavy atom. The van der Waals surface area contributed by atoms with Crippen molar-refractivity contribution in [1.29, 1.82) is 0 Å². The predicted molar refractivity (Wildman–Crippen MR) is 59.9 cm³/mol. The molecule has 0 saturated carbocycles. The summed E-state index contributed by atoms with van der Waals surface area (Å²) in [5, 5.41) is 40.4. The van der Waals surface area contributed by atoms with Crippen LogP contribution >= 0.6 is 0 Å². The minimum atomic E-state index is -1.54. The largest absolute Gasteiger partial charge is 0.472 e. The lowest BCUT2D eigenvalue weighted by atomic mass is 9.97. The van der Waals surface area contributed by atoms with E-state index in [2.05, 4.69) is 5.32 Å². The first-order valence-electron chi connectivity index (χ1n) is 5.68. The fourth-order valence-corrected chi connectivity index (χ4v) is 1.88. The van der Waals surface area contributed by atoms with Gasteiger partial charge in [-0.3, -0.25) is 4.79 Å². The van der Waals surface area contributed by atoms with Gasteiger partial charge in [0.2, 0.25) is 0 Å². The number of furan rings is 1. The molecule has 1 unspecified atom stereocenters. The van der Waals surface area contributed by atoms with Crippen molar-refractivity contribution in [2.75, 3.05) is 6.61 Å². The Hall–Kier alpha value is -1.45. The SMILES string of the molecule is O=C(N[C@H]1C(O)O[C@H](CO)[C@@H](O)[C@@H]1O)c1ccoc1. The Bertz CT molecular complexity index is 421. The van der Waals surface area contributed by atoms with Crippen molar-refractivity contribution in [3.05, 3.63) is 24.2 Å². The molecule has 1 aromatic rings. The van der Waals surface area contributed by atoms with E-state index >= 15 is 0 Å². The van der Waals surface area contributed by atoms with E-state index in [1.165, 1.54) is 18.6 Å². The van der Waals surface area contributed by atoms with Crippen molar-refractivity contribution in [1.82, 2.24) is 5.32 Å². The third-order valence-electron chi connectivity index (χ3n) is 2.98. The summed E-state index contributed by atoms with van der Waals surface area (Å²) < 4.78 is 9.64. The number of nitrogens with one attached hydrogen (secondary N) is 1. The summed E-state index contributed by atoms with van der Waals surface area (Å²) in [5.74, 6) is -0.588. The van der Waals surface area contributed by atoms with Crippen molar-refractivity contribution < 1.29 is 34.4 Å². The van der Waals surface area contributed by atoms with E-state index in [1.54, 1.807) is 0 Å². The van der Waals surface area contributed by atoms with Crippen LogP contribution < -0.4 is 5.32 Å². The Morgan fingerprint density at radius 3 is 2.63 bits per heavy atom. The van der Waals surface area contributed by atoms with Gasteiger partial charge in [-0.15, -0.1) is 0 Å². The summed E-state index contributed by atoms with van der Waals surface area (Å²) >= 11 is 0. The summed E-state index contributed by atoms with van der Waals surface area (Å²) in [6.07, 6.45) is -3.01. The van der Waals surface area contributed by atoms with Gasteiger partial charge >= 0.3 is 0 Å². The van der Waals surface area contributed by atoms with Crippen LogP contribution in [0.15, 0.2) is 23.0 Å². The van der Waals surface area contributed by atoms with Crippen molar-refractivity contribution in [2.45, 2.75) is 30.6 Å². The first kappa shape index (κ1) is 14.0. The molecule has 8 heteroatoms. The number of aliphatic hydroxyl groups is 4. The number of rotatable bonds is 3. The highest BCUT2D eigenvalue weighted by Crippen LogP contribution is 2.20. The minimum absolute atomic E-state index is 0.207. The molecule has 0 aromatic carbocycles. The van der Waals surface area contributed by atoms with E-state index in [-0.39, 0.29) is 5.56 Å². The molecule has 1 saturated heterocycles. The van der Waals surface area contributed by atoms with E-state index in [9.17, 15) is 20.1 Å². The van der Waals surface area contributed by atoms with Gasteiger partial charge in [-0.2, -0.15) is 0 Å². The number of carbonyl (C=O) groups excluding carboxylic acids is 1. The van der Waals surface area contributed by atoms with E-state index in [0.29, 0.717) is 0 Å². The first-order chi connectivity index (χ1) is 9.04. The smallest absolute Gasteiger partial charge is 0.255 e. The quantitative estimate of drug-likeness (QED) is 0.422. The highest BCUT2D eigenvalue weighted by atomic mass is 16.6. The zero-order valence-corrected chi connectivity index (χ0v) is 9.84. The fraction of sp³-hybridized carbons (Fsp3) is 0.545. The van der Waals surface area contributed by atoms with Crippen LogP contribution in [0.4, 0.5) is 0 Å². The van der Waals surface area contributed by atoms with Crippen LogP contribution in [0.5, 0.6) is 0 Å². The van der Waals surface area contributed by atoms with Crippen LogP contribution in [0.1, 0.15) is 10.4 Å². The summed E-state index contributed by atoms with van der Waals surface area (Å²) in [6, 6.07) is 0.199. The topological polar surface area (TPSA) is 132 Å². The van der Waals surface area contributed by atoms with Gasteiger partial charge in [-0.05, 0) is 6.07 Å². The number of hydrogen-bond acceptors (Lipinski definition) is 7. The van der Waals surface area contributed by atoms with E-state index in [4.69, 9.17) is 14.3 Å². The van der Waals surface area contributed by atoms with Crippen molar-refractivity contribution in [2.24, 2.45) is 0 Å². The van der Waals surface area contributed by atoms with Gasteiger partial charge in [0, 0.05) is 0 Å². The van der Waals surface area contributed by atoms with Gasteiger partial charge in [-0.1, -0.05) is 0 Å². The van der Waals surface area contributed by atoms with Gasteiger partial charge in [-0.25, -0.2) is 0 Å². The Morgan fingerprint density at radius 1 is 1.32 bits per heavy atom. The summed E-state index contributed by atoms with van der Waals surface area (Å²) in [5.41, 5.74) is 0.207. The van der Waals surface area contributed by atoms with Gasteiger partial charge in [0.15, 0.2) is 6.29 Å². The molecule has 106 valence electrons. The molecule has 2 rings (SSSR count). The molecule has 8 nitrogen and oxygen atoms in total. The maximum atomic E-state index is 11.7. The van der Waals surface area contributed by atoms with Crippen LogP contribution in [0, 0.1) is 0 Å². The molecule has 5 N–H and O–H groups in total. The highest BCUT2D eigenvalue weighted by Gasteiger charge is 2.44. The van der Waals surface area contributed by atoms with Gasteiger partial charge in [0.05, 0.1) is 18.4 Å². The second kappa shape index (κ2) is 5.68. The Balaban J connectivity index is 2.05. The molecule has 1 aliphatic rings. The predicted octanol–water partition coefficient (Wildman–Crippen LogP) is -2.19. The molecule has 0 spiro atoms. The van der Waals surface area contributed by atoms with Crippen LogP contribution in [-0.4, -0.2) is 63.6 Å². The second-order valence-electron chi connectivity index (χ2n) is 4.24. The van der Waals surface area contributed by atoms with E-state index in [0.717, 1.165) is 0 Å². The molecule has 1 amide bonds. The summed E-state index contributed by atoms with van der Waals surface area (Å²) in [6.45, 7) is -0.558. The third kappa shape index (κ3) is 2.77. The van der Waals surface area contributed by atoms with E-state index < -0.39 is 43.2 Å². The van der Waals surface area contributed by atoms with Crippen LogP contribution in [0.2, 0.25) is 0 Å². The monoisotopic (exact) mass is 273 g/mol. The first-order valence-corrected chi connectivity index (χ1v) is 5.68.